The Labute approximate surface area is 92.0 Å². The van der Waals surface area contributed by atoms with E-state index in [1.165, 1.54) is 12.8 Å². The molecule has 0 unspecified atom stereocenters. The highest BCUT2D eigenvalue weighted by Crippen LogP contribution is 2.43. The average Bonchev–Trinajstić information content (AvgIpc) is 2.91. The normalized spacial score (nSPS) is 24.1. The fraction of sp³-hybridized carbons (Fsp3) is 0.917. The second-order valence-corrected chi connectivity index (χ2v) is 5.69. The van der Waals surface area contributed by atoms with E-state index >= 15 is 0 Å². The minimum atomic E-state index is -0.0203. The average molecular weight is 210 g/mol. The van der Waals surface area contributed by atoms with E-state index < -0.39 is 0 Å². The monoisotopic (exact) mass is 210 g/mol. The van der Waals surface area contributed by atoms with Gasteiger partial charge in [-0.2, -0.15) is 0 Å². The Hall–Kier alpha value is -0.570. The molecular weight excluding hydrogens is 188 g/mol. The van der Waals surface area contributed by atoms with Gasteiger partial charge in [-0.15, -0.1) is 0 Å². The molecule has 1 saturated carbocycles. The summed E-state index contributed by atoms with van der Waals surface area (Å²) < 4.78 is 0. The van der Waals surface area contributed by atoms with Crippen LogP contribution in [-0.2, 0) is 4.79 Å². The van der Waals surface area contributed by atoms with Crippen molar-refractivity contribution < 1.29 is 4.79 Å². The zero-order chi connectivity index (χ0) is 11.1. The number of likely N-dealkylation sites (tertiary alicyclic amines) is 1. The molecule has 1 heterocycles. The quantitative estimate of drug-likeness (QED) is 0.762. The molecule has 1 amide bonds. The van der Waals surface area contributed by atoms with Crippen molar-refractivity contribution in [3.8, 4) is 0 Å². The highest BCUT2D eigenvalue weighted by Gasteiger charge is 2.51. The highest BCUT2D eigenvalue weighted by molar-refractivity contribution is 5.77. The van der Waals surface area contributed by atoms with Crippen LogP contribution in [0, 0.1) is 11.8 Å². The Bertz CT molecular complexity index is 252. The van der Waals surface area contributed by atoms with Crippen molar-refractivity contribution in [1.29, 1.82) is 0 Å². The summed E-state index contributed by atoms with van der Waals surface area (Å²) in [4.78, 5) is 13.7. The Kier molecular flexibility index (Phi) is 2.75. The highest BCUT2D eigenvalue weighted by atomic mass is 16.2. The fourth-order valence-electron chi connectivity index (χ4n) is 2.33. The third-order valence-electron chi connectivity index (χ3n) is 3.65. The SMILES string of the molecule is CC(C)CCC(=O)N1CC(N)(C2CC2)C1. The molecule has 1 saturated heterocycles. The number of carbonyl (C=O) groups is 1. The molecule has 2 rings (SSSR count). The number of rotatable bonds is 4. The maximum Gasteiger partial charge on any atom is 0.222 e. The molecule has 1 aliphatic carbocycles. The van der Waals surface area contributed by atoms with Crippen LogP contribution in [0.3, 0.4) is 0 Å². The molecule has 2 aliphatic rings. The molecular formula is C12H22N2O. The molecule has 0 radical (unpaired) electrons. The Morgan fingerprint density at radius 3 is 2.53 bits per heavy atom. The van der Waals surface area contributed by atoms with E-state index in [-0.39, 0.29) is 5.54 Å². The number of carbonyl (C=O) groups excluding carboxylic acids is 1. The van der Waals surface area contributed by atoms with Crippen LogP contribution in [-0.4, -0.2) is 29.4 Å². The van der Waals surface area contributed by atoms with Gasteiger partial charge in [0.25, 0.3) is 0 Å². The van der Waals surface area contributed by atoms with Crippen molar-refractivity contribution in [2.24, 2.45) is 17.6 Å². The van der Waals surface area contributed by atoms with Crippen LogP contribution < -0.4 is 5.73 Å². The van der Waals surface area contributed by atoms with Gasteiger partial charge in [-0.05, 0) is 31.1 Å². The fourth-order valence-corrected chi connectivity index (χ4v) is 2.33. The van der Waals surface area contributed by atoms with E-state index in [9.17, 15) is 4.79 Å². The first-order valence-corrected chi connectivity index (χ1v) is 6.08. The molecule has 0 aromatic rings. The Morgan fingerprint density at radius 1 is 1.47 bits per heavy atom. The lowest BCUT2D eigenvalue weighted by Crippen LogP contribution is -2.69. The van der Waals surface area contributed by atoms with Gasteiger partial charge >= 0.3 is 0 Å². The Balaban J connectivity index is 1.71. The van der Waals surface area contributed by atoms with E-state index in [4.69, 9.17) is 5.73 Å². The Morgan fingerprint density at radius 2 is 2.07 bits per heavy atom. The smallest absolute Gasteiger partial charge is 0.222 e. The molecule has 0 bridgehead atoms. The van der Waals surface area contributed by atoms with Gasteiger partial charge in [-0.1, -0.05) is 13.8 Å². The largest absolute Gasteiger partial charge is 0.339 e. The molecule has 2 N–H and O–H groups in total. The molecule has 1 aliphatic heterocycles. The van der Waals surface area contributed by atoms with Gasteiger partial charge in [0.05, 0.1) is 5.54 Å². The first-order valence-electron chi connectivity index (χ1n) is 6.08. The maximum absolute atomic E-state index is 11.7. The maximum atomic E-state index is 11.7. The van der Waals surface area contributed by atoms with Crippen LogP contribution >= 0.6 is 0 Å². The lowest BCUT2D eigenvalue weighted by molar-refractivity contribution is -0.139. The summed E-state index contributed by atoms with van der Waals surface area (Å²) in [6.07, 6.45) is 4.23. The van der Waals surface area contributed by atoms with E-state index in [0.717, 1.165) is 19.5 Å². The molecule has 86 valence electrons. The van der Waals surface area contributed by atoms with E-state index in [0.29, 0.717) is 24.2 Å². The van der Waals surface area contributed by atoms with Gasteiger partial charge in [0.2, 0.25) is 5.91 Å². The van der Waals surface area contributed by atoms with Crippen molar-refractivity contribution in [2.75, 3.05) is 13.1 Å². The lowest BCUT2D eigenvalue weighted by Gasteiger charge is -2.48. The molecule has 3 heteroatoms. The minimum Gasteiger partial charge on any atom is -0.339 e. The number of hydrogen-bond donors (Lipinski definition) is 1. The second kappa shape index (κ2) is 3.78. The molecule has 3 nitrogen and oxygen atoms in total. The van der Waals surface area contributed by atoms with E-state index in [1.807, 2.05) is 4.90 Å². The zero-order valence-corrected chi connectivity index (χ0v) is 9.83. The third-order valence-corrected chi connectivity index (χ3v) is 3.65. The number of amides is 1. The second-order valence-electron chi connectivity index (χ2n) is 5.69. The predicted octanol–water partition coefficient (Wildman–Crippen LogP) is 1.37. The molecule has 15 heavy (non-hydrogen) atoms. The van der Waals surface area contributed by atoms with Crippen LogP contribution in [0.15, 0.2) is 0 Å². The number of nitrogens with zero attached hydrogens (tertiary/aromatic N) is 1. The van der Waals surface area contributed by atoms with Crippen LogP contribution in [0.5, 0.6) is 0 Å². The van der Waals surface area contributed by atoms with Crippen molar-refractivity contribution >= 4 is 5.91 Å². The van der Waals surface area contributed by atoms with Crippen LogP contribution in [0.25, 0.3) is 0 Å². The molecule has 2 fully saturated rings. The summed E-state index contributed by atoms with van der Waals surface area (Å²) in [6, 6.07) is 0. The molecule has 0 aromatic heterocycles. The number of hydrogen-bond acceptors (Lipinski definition) is 2. The molecule has 0 atom stereocenters. The van der Waals surface area contributed by atoms with E-state index in [2.05, 4.69) is 13.8 Å². The van der Waals surface area contributed by atoms with Gasteiger partial charge in [0.1, 0.15) is 0 Å². The molecule has 0 aromatic carbocycles. The third kappa shape index (κ3) is 2.33. The summed E-state index contributed by atoms with van der Waals surface area (Å²) in [6.45, 7) is 5.91. The minimum absolute atomic E-state index is 0.0203. The van der Waals surface area contributed by atoms with E-state index in [1.54, 1.807) is 0 Å². The lowest BCUT2D eigenvalue weighted by atomic mass is 9.85. The summed E-state index contributed by atoms with van der Waals surface area (Å²) in [5.74, 6) is 1.61. The van der Waals surface area contributed by atoms with Crippen LogP contribution in [0.2, 0.25) is 0 Å². The van der Waals surface area contributed by atoms with Gasteiger partial charge in [0, 0.05) is 19.5 Å². The van der Waals surface area contributed by atoms with Crippen molar-refractivity contribution in [2.45, 2.75) is 45.1 Å². The van der Waals surface area contributed by atoms with Crippen molar-refractivity contribution in [1.82, 2.24) is 4.90 Å². The van der Waals surface area contributed by atoms with Crippen LogP contribution in [0.1, 0.15) is 39.5 Å². The van der Waals surface area contributed by atoms with Crippen LogP contribution in [0.4, 0.5) is 0 Å². The van der Waals surface area contributed by atoms with Gasteiger partial charge < -0.3 is 10.6 Å². The summed E-state index contributed by atoms with van der Waals surface area (Å²) >= 11 is 0. The van der Waals surface area contributed by atoms with Crippen molar-refractivity contribution in [3.05, 3.63) is 0 Å². The number of nitrogens with two attached hydrogens (primary N) is 1. The van der Waals surface area contributed by atoms with Gasteiger partial charge in [-0.3, -0.25) is 4.79 Å². The standard InChI is InChI=1S/C12H22N2O/c1-9(2)3-6-11(15)14-7-12(13,8-14)10-4-5-10/h9-10H,3-8,13H2,1-2H3. The molecule has 0 spiro atoms. The summed E-state index contributed by atoms with van der Waals surface area (Å²) in [5, 5.41) is 0. The van der Waals surface area contributed by atoms with Gasteiger partial charge in [-0.25, -0.2) is 0 Å². The predicted molar refractivity (Wildman–Crippen MR) is 60.3 cm³/mol. The van der Waals surface area contributed by atoms with Gasteiger partial charge in [0.15, 0.2) is 0 Å². The first kappa shape index (κ1) is 10.9. The summed E-state index contributed by atoms with van der Waals surface area (Å²) in [5.41, 5.74) is 6.18. The van der Waals surface area contributed by atoms with Crippen molar-refractivity contribution in [3.63, 3.8) is 0 Å². The summed E-state index contributed by atoms with van der Waals surface area (Å²) in [7, 11) is 0. The zero-order valence-electron chi connectivity index (χ0n) is 9.83. The topological polar surface area (TPSA) is 46.3 Å². The first-order chi connectivity index (χ1) is 7.01.